The van der Waals surface area contributed by atoms with Gasteiger partial charge in [0, 0.05) is 25.6 Å². The van der Waals surface area contributed by atoms with Gasteiger partial charge < -0.3 is 5.32 Å². The van der Waals surface area contributed by atoms with Crippen LogP contribution in [0.2, 0.25) is 0 Å². The highest BCUT2D eigenvalue weighted by Crippen LogP contribution is 2.20. The fourth-order valence-corrected chi connectivity index (χ4v) is 4.06. The summed E-state index contributed by atoms with van der Waals surface area (Å²) in [5, 5.41) is 2.96. The van der Waals surface area contributed by atoms with Gasteiger partial charge in [-0.05, 0) is 25.7 Å². The Bertz CT molecular complexity index is 387. The van der Waals surface area contributed by atoms with Crippen molar-refractivity contribution in [3.05, 3.63) is 0 Å². The largest absolute Gasteiger partial charge is 0.356 e. The van der Waals surface area contributed by atoms with Gasteiger partial charge in [0.15, 0.2) is 0 Å². The molecule has 0 saturated carbocycles. The molecule has 0 atom stereocenters. The van der Waals surface area contributed by atoms with Crippen LogP contribution in [0.1, 0.15) is 52.4 Å². The van der Waals surface area contributed by atoms with E-state index in [1.807, 2.05) is 6.92 Å². The molecule has 1 rings (SSSR count). The summed E-state index contributed by atoms with van der Waals surface area (Å²) < 4.78 is 25.4. The minimum absolute atomic E-state index is 0.0234. The van der Waals surface area contributed by atoms with Gasteiger partial charge in [-0.3, -0.25) is 4.79 Å². The average molecular weight is 304 g/mol. The summed E-state index contributed by atoms with van der Waals surface area (Å²) in [4.78, 5) is 12.0. The summed E-state index contributed by atoms with van der Waals surface area (Å²) in [5.41, 5.74) is 0. The van der Waals surface area contributed by atoms with Crippen molar-refractivity contribution in [2.24, 2.45) is 5.92 Å². The Morgan fingerprint density at radius 1 is 1.15 bits per heavy atom. The number of nitrogens with one attached hydrogen (secondary N) is 1. The van der Waals surface area contributed by atoms with E-state index in [9.17, 15) is 13.2 Å². The number of rotatable bonds is 8. The van der Waals surface area contributed by atoms with Gasteiger partial charge in [0.25, 0.3) is 0 Å². The Balaban J connectivity index is 2.33. The number of nitrogens with zero attached hydrogens (tertiary/aromatic N) is 1. The number of amides is 1. The van der Waals surface area contributed by atoms with Crippen molar-refractivity contribution in [3.63, 3.8) is 0 Å². The number of hydrogen-bond acceptors (Lipinski definition) is 3. The first-order valence-corrected chi connectivity index (χ1v) is 9.37. The molecule has 1 N–H and O–H groups in total. The SMILES string of the molecule is CCCCCNC(=O)C1CCN(S(=O)(=O)CCC)CC1. The lowest BCUT2D eigenvalue weighted by Gasteiger charge is -2.30. The molecule has 0 aromatic rings. The smallest absolute Gasteiger partial charge is 0.223 e. The lowest BCUT2D eigenvalue weighted by molar-refractivity contribution is -0.126. The molecule has 6 heteroatoms. The van der Waals surface area contributed by atoms with Gasteiger partial charge in [-0.1, -0.05) is 26.7 Å². The molecule has 0 bridgehead atoms. The number of unbranched alkanes of at least 4 members (excludes halogenated alkanes) is 2. The van der Waals surface area contributed by atoms with Crippen LogP contribution in [0.5, 0.6) is 0 Å². The predicted molar refractivity (Wildman–Crippen MR) is 80.9 cm³/mol. The van der Waals surface area contributed by atoms with E-state index >= 15 is 0 Å². The van der Waals surface area contributed by atoms with Crippen molar-refractivity contribution in [2.75, 3.05) is 25.4 Å². The Morgan fingerprint density at radius 2 is 1.80 bits per heavy atom. The summed E-state index contributed by atoms with van der Waals surface area (Å²) in [6.45, 7) is 5.70. The van der Waals surface area contributed by atoms with Gasteiger partial charge in [-0.15, -0.1) is 0 Å². The van der Waals surface area contributed by atoms with Crippen LogP contribution in [-0.4, -0.2) is 44.0 Å². The molecule has 0 aromatic heterocycles. The van der Waals surface area contributed by atoms with Crippen LogP contribution in [0.3, 0.4) is 0 Å². The molecule has 1 aliphatic heterocycles. The Kier molecular flexibility index (Phi) is 7.51. The maximum Gasteiger partial charge on any atom is 0.223 e. The van der Waals surface area contributed by atoms with Gasteiger partial charge in [0.05, 0.1) is 5.75 Å². The number of piperidine rings is 1. The van der Waals surface area contributed by atoms with Gasteiger partial charge >= 0.3 is 0 Å². The van der Waals surface area contributed by atoms with Crippen LogP contribution in [0.15, 0.2) is 0 Å². The summed E-state index contributed by atoms with van der Waals surface area (Å²) >= 11 is 0. The molecule has 1 fully saturated rings. The zero-order valence-corrected chi connectivity index (χ0v) is 13.5. The third-order valence-electron chi connectivity index (χ3n) is 3.76. The zero-order valence-electron chi connectivity index (χ0n) is 12.7. The molecule has 0 aromatic carbocycles. The van der Waals surface area contributed by atoms with Crippen LogP contribution < -0.4 is 5.32 Å². The van der Waals surface area contributed by atoms with Crippen LogP contribution in [0.25, 0.3) is 0 Å². The molecule has 1 heterocycles. The summed E-state index contributed by atoms with van der Waals surface area (Å²) in [7, 11) is -3.11. The molecule has 0 radical (unpaired) electrons. The third-order valence-corrected chi connectivity index (χ3v) is 5.84. The highest BCUT2D eigenvalue weighted by molar-refractivity contribution is 7.89. The predicted octanol–water partition coefficient (Wildman–Crippen LogP) is 1.74. The fraction of sp³-hybridized carbons (Fsp3) is 0.929. The van der Waals surface area contributed by atoms with E-state index in [1.54, 1.807) is 0 Å². The molecule has 20 heavy (non-hydrogen) atoms. The van der Waals surface area contributed by atoms with Crippen molar-refractivity contribution in [1.29, 1.82) is 0 Å². The Labute approximate surface area is 123 Å². The van der Waals surface area contributed by atoms with E-state index in [4.69, 9.17) is 0 Å². The molecular weight excluding hydrogens is 276 g/mol. The van der Waals surface area contributed by atoms with Crippen LogP contribution >= 0.6 is 0 Å². The van der Waals surface area contributed by atoms with Crippen molar-refractivity contribution in [1.82, 2.24) is 9.62 Å². The molecule has 0 unspecified atom stereocenters. The van der Waals surface area contributed by atoms with E-state index in [1.165, 1.54) is 4.31 Å². The first-order valence-electron chi connectivity index (χ1n) is 7.76. The topological polar surface area (TPSA) is 66.5 Å². The van der Waals surface area contributed by atoms with Crippen LogP contribution in [0, 0.1) is 5.92 Å². The fourth-order valence-electron chi connectivity index (χ4n) is 2.51. The van der Waals surface area contributed by atoms with Crippen molar-refractivity contribution < 1.29 is 13.2 Å². The summed E-state index contributed by atoms with van der Waals surface area (Å²) in [5.74, 6) is 0.277. The quantitative estimate of drug-likeness (QED) is 0.695. The number of carbonyl (C=O) groups excluding carboxylic acids is 1. The van der Waals surface area contributed by atoms with Gasteiger partial charge in [0.1, 0.15) is 0 Å². The maximum absolute atomic E-state index is 12.0. The van der Waals surface area contributed by atoms with E-state index in [-0.39, 0.29) is 17.6 Å². The molecule has 5 nitrogen and oxygen atoms in total. The summed E-state index contributed by atoms with van der Waals surface area (Å²) in [6.07, 6.45) is 5.22. The standard InChI is InChI=1S/C14H28N2O3S/c1-3-5-6-9-15-14(17)13-7-10-16(11-8-13)20(18,19)12-4-2/h13H,3-12H2,1-2H3,(H,15,17). The van der Waals surface area contributed by atoms with Crippen molar-refractivity contribution >= 4 is 15.9 Å². The minimum atomic E-state index is -3.11. The molecule has 1 aliphatic rings. The van der Waals surface area contributed by atoms with E-state index < -0.39 is 10.0 Å². The highest BCUT2D eigenvalue weighted by atomic mass is 32.2. The molecular formula is C14H28N2O3S. The van der Waals surface area contributed by atoms with E-state index in [2.05, 4.69) is 12.2 Å². The van der Waals surface area contributed by atoms with Crippen molar-refractivity contribution in [3.8, 4) is 0 Å². The minimum Gasteiger partial charge on any atom is -0.356 e. The number of hydrogen-bond donors (Lipinski definition) is 1. The number of carbonyl (C=O) groups is 1. The van der Waals surface area contributed by atoms with Crippen LogP contribution in [0.4, 0.5) is 0 Å². The first kappa shape index (κ1) is 17.4. The lowest BCUT2D eigenvalue weighted by Crippen LogP contribution is -2.43. The van der Waals surface area contributed by atoms with Crippen molar-refractivity contribution in [2.45, 2.75) is 52.4 Å². The summed E-state index contributed by atoms with van der Waals surface area (Å²) in [6, 6.07) is 0. The average Bonchev–Trinajstić information content (AvgIpc) is 2.43. The van der Waals surface area contributed by atoms with Gasteiger partial charge in [-0.25, -0.2) is 12.7 Å². The molecule has 0 aliphatic carbocycles. The zero-order chi connectivity index (χ0) is 15.0. The second kappa shape index (κ2) is 8.62. The monoisotopic (exact) mass is 304 g/mol. The maximum atomic E-state index is 12.0. The van der Waals surface area contributed by atoms with Crippen LogP contribution in [-0.2, 0) is 14.8 Å². The normalized spacial score (nSPS) is 18.1. The van der Waals surface area contributed by atoms with Gasteiger partial charge in [-0.2, -0.15) is 0 Å². The Morgan fingerprint density at radius 3 is 2.35 bits per heavy atom. The first-order chi connectivity index (χ1) is 9.51. The molecule has 0 spiro atoms. The Hall–Kier alpha value is -0.620. The third kappa shape index (κ3) is 5.40. The van der Waals surface area contributed by atoms with E-state index in [0.29, 0.717) is 32.4 Å². The van der Waals surface area contributed by atoms with Gasteiger partial charge in [0.2, 0.25) is 15.9 Å². The number of sulfonamides is 1. The molecule has 1 saturated heterocycles. The second-order valence-corrected chi connectivity index (χ2v) is 7.58. The second-order valence-electron chi connectivity index (χ2n) is 5.49. The highest BCUT2D eigenvalue weighted by Gasteiger charge is 2.30. The molecule has 1 amide bonds. The molecule has 118 valence electrons. The van der Waals surface area contributed by atoms with E-state index in [0.717, 1.165) is 25.8 Å². The lowest BCUT2D eigenvalue weighted by atomic mass is 9.97.